The fourth-order valence-electron chi connectivity index (χ4n) is 3.02. The van der Waals surface area contributed by atoms with Crippen LogP contribution < -0.4 is 15.4 Å². The van der Waals surface area contributed by atoms with Crippen LogP contribution in [0.2, 0.25) is 0 Å². The second-order valence-electron chi connectivity index (χ2n) is 6.47. The van der Waals surface area contributed by atoms with Gasteiger partial charge in [-0.3, -0.25) is 0 Å². The van der Waals surface area contributed by atoms with Gasteiger partial charge >= 0.3 is 0 Å². The molecular formula is C22H30IN5O. The lowest BCUT2D eigenvalue weighted by atomic mass is 10.2. The Morgan fingerprint density at radius 1 is 1.07 bits per heavy atom. The number of aromatic amines is 1. The Labute approximate surface area is 189 Å². The number of rotatable bonds is 9. The normalized spacial score (nSPS) is 11.2. The molecule has 0 fully saturated rings. The first-order valence-electron chi connectivity index (χ1n) is 9.96. The van der Waals surface area contributed by atoms with E-state index in [9.17, 15) is 0 Å². The number of H-pyrrole nitrogens is 1. The molecule has 0 bridgehead atoms. The number of guanidine groups is 1. The predicted molar refractivity (Wildman–Crippen MR) is 130 cm³/mol. The molecule has 1 heterocycles. The van der Waals surface area contributed by atoms with Crippen LogP contribution in [0.1, 0.15) is 31.7 Å². The molecule has 3 aromatic rings. The van der Waals surface area contributed by atoms with Crippen LogP contribution in [-0.4, -0.2) is 35.6 Å². The fraction of sp³-hybridized carbons (Fsp3) is 0.364. The molecule has 0 aliphatic heterocycles. The Bertz CT molecular complexity index is 876. The Balaban J connectivity index is 0.00000300. The number of imidazole rings is 1. The number of aromatic nitrogens is 2. The van der Waals surface area contributed by atoms with Crippen LogP contribution in [0.3, 0.4) is 0 Å². The van der Waals surface area contributed by atoms with E-state index in [2.05, 4.69) is 39.7 Å². The van der Waals surface area contributed by atoms with E-state index in [0.29, 0.717) is 13.2 Å². The highest BCUT2D eigenvalue weighted by atomic mass is 127. The molecule has 156 valence electrons. The maximum atomic E-state index is 5.68. The van der Waals surface area contributed by atoms with Crippen molar-refractivity contribution in [3.8, 4) is 5.75 Å². The average molecular weight is 507 g/mol. The first-order chi connectivity index (χ1) is 13.8. The van der Waals surface area contributed by atoms with Gasteiger partial charge in [0.25, 0.3) is 0 Å². The molecule has 1 aromatic heterocycles. The summed E-state index contributed by atoms with van der Waals surface area (Å²) >= 11 is 0. The number of benzene rings is 2. The molecule has 7 heteroatoms. The van der Waals surface area contributed by atoms with Gasteiger partial charge in [0.05, 0.1) is 24.2 Å². The lowest BCUT2D eigenvalue weighted by Gasteiger charge is -2.12. The van der Waals surface area contributed by atoms with Crippen LogP contribution in [-0.2, 0) is 13.0 Å². The van der Waals surface area contributed by atoms with E-state index in [0.717, 1.165) is 60.1 Å². The van der Waals surface area contributed by atoms with Crippen molar-refractivity contribution in [3.05, 3.63) is 59.9 Å². The zero-order chi connectivity index (χ0) is 19.6. The van der Waals surface area contributed by atoms with E-state index < -0.39 is 0 Å². The first-order valence-corrected chi connectivity index (χ1v) is 9.96. The molecule has 3 rings (SSSR count). The second kappa shape index (κ2) is 12.3. The topological polar surface area (TPSA) is 74.3 Å². The highest BCUT2D eigenvalue weighted by Gasteiger charge is 2.04. The van der Waals surface area contributed by atoms with Crippen molar-refractivity contribution in [1.29, 1.82) is 0 Å². The minimum absolute atomic E-state index is 0. The maximum Gasteiger partial charge on any atom is 0.191 e. The minimum Gasteiger partial charge on any atom is -0.494 e. The highest BCUT2D eigenvalue weighted by molar-refractivity contribution is 14.0. The van der Waals surface area contributed by atoms with Crippen LogP contribution in [0.5, 0.6) is 5.75 Å². The summed E-state index contributed by atoms with van der Waals surface area (Å²) in [7, 11) is 0. The molecule has 0 unspecified atom stereocenters. The average Bonchev–Trinajstić information content (AvgIpc) is 3.13. The van der Waals surface area contributed by atoms with Crippen molar-refractivity contribution in [3.63, 3.8) is 0 Å². The largest absolute Gasteiger partial charge is 0.494 e. The number of aliphatic imine (C=N–C) groups is 1. The lowest BCUT2D eigenvalue weighted by Crippen LogP contribution is -2.37. The number of hydrogen-bond acceptors (Lipinski definition) is 3. The Morgan fingerprint density at radius 2 is 1.86 bits per heavy atom. The van der Waals surface area contributed by atoms with Gasteiger partial charge in [0.2, 0.25) is 0 Å². The van der Waals surface area contributed by atoms with Crippen LogP contribution >= 0.6 is 24.0 Å². The van der Waals surface area contributed by atoms with Crippen molar-refractivity contribution < 1.29 is 4.74 Å². The third kappa shape index (κ3) is 6.92. The summed E-state index contributed by atoms with van der Waals surface area (Å²) in [4.78, 5) is 12.7. The molecule has 29 heavy (non-hydrogen) atoms. The van der Waals surface area contributed by atoms with Gasteiger partial charge in [0.15, 0.2) is 5.96 Å². The van der Waals surface area contributed by atoms with E-state index in [1.54, 1.807) is 0 Å². The third-order valence-electron chi connectivity index (χ3n) is 4.35. The quantitative estimate of drug-likeness (QED) is 0.175. The molecule has 0 atom stereocenters. The van der Waals surface area contributed by atoms with Gasteiger partial charge in [0, 0.05) is 25.1 Å². The smallest absolute Gasteiger partial charge is 0.191 e. The van der Waals surface area contributed by atoms with Gasteiger partial charge in [-0.25, -0.2) is 9.98 Å². The number of aryl methyl sites for hydroxylation is 1. The molecule has 0 saturated heterocycles. The number of ether oxygens (including phenoxy) is 1. The van der Waals surface area contributed by atoms with Crippen molar-refractivity contribution >= 4 is 41.0 Å². The van der Waals surface area contributed by atoms with Gasteiger partial charge < -0.3 is 20.4 Å². The predicted octanol–water partition coefficient (Wildman–Crippen LogP) is 4.27. The zero-order valence-corrected chi connectivity index (χ0v) is 19.4. The van der Waals surface area contributed by atoms with Crippen molar-refractivity contribution in [2.45, 2.75) is 33.2 Å². The number of halogens is 1. The third-order valence-corrected chi connectivity index (χ3v) is 4.35. The molecule has 0 saturated carbocycles. The monoisotopic (exact) mass is 507 g/mol. The van der Waals surface area contributed by atoms with Gasteiger partial charge in [-0.15, -0.1) is 24.0 Å². The Morgan fingerprint density at radius 3 is 2.66 bits per heavy atom. The summed E-state index contributed by atoms with van der Waals surface area (Å²) in [6.45, 7) is 6.95. The molecule has 3 N–H and O–H groups in total. The SMILES string of the molecule is CCNC(=NCc1ccccc1OCC)NCCCc1nc2ccccc2[nH]1.I. The summed E-state index contributed by atoms with van der Waals surface area (Å²) in [6.07, 6.45) is 1.87. The van der Waals surface area contributed by atoms with Gasteiger partial charge in [-0.2, -0.15) is 0 Å². The van der Waals surface area contributed by atoms with Gasteiger partial charge in [-0.1, -0.05) is 30.3 Å². The lowest BCUT2D eigenvalue weighted by molar-refractivity contribution is 0.336. The number of nitrogens with one attached hydrogen (secondary N) is 3. The summed E-state index contributed by atoms with van der Waals surface area (Å²) in [5.41, 5.74) is 3.20. The summed E-state index contributed by atoms with van der Waals surface area (Å²) < 4.78 is 5.68. The minimum atomic E-state index is 0. The summed E-state index contributed by atoms with van der Waals surface area (Å²) in [5.74, 6) is 2.74. The van der Waals surface area contributed by atoms with Crippen LogP contribution in [0.15, 0.2) is 53.5 Å². The molecule has 6 nitrogen and oxygen atoms in total. The van der Waals surface area contributed by atoms with Crippen molar-refractivity contribution in [2.75, 3.05) is 19.7 Å². The highest BCUT2D eigenvalue weighted by Crippen LogP contribution is 2.18. The summed E-state index contributed by atoms with van der Waals surface area (Å²) in [5, 5.41) is 6.70. The Hall–Kier alpha value is -2.29. The van der Waals surface area contributed by atoms with Crippen LogP contribution in [0.25, 0.3) is 11.0 Å². The molecule has 0 amide bonds. The van der Waals surface area contributed by atoms with E-state index in [1.807, 2.05) is 43.3 Å². The first kappa shape index (κ1) is 23.0. The van der Waals surface area contributed by atoms with Gasteiger partial charge in [-0.05, 0) is 38.5 Å². The molecule has 0 aliphatic carbocycles. The van der Waals surface area contributed by atoms with Crippen LogP contribution in [0.4, 0.5) is 0 Å². The van der Waals surface area contributed by atoms with Crippen molar-refractivity contribution in [2.24, 2.45) is 4.99 Å². The number of hydrogen-bond donors (Lipinski definition) is 3. The zero-order valence-electron chi connectivity index (χ0n) is 17.1. The Kier molecular flexibility index (Phi) is 9.76. The molecule has 0 radical (unpaired) electrons. The molecule has 0 aliphatic rings. The number of nitrogens with zero attached hydrogens (tertiary/aromatic N) is 2. The maximum absolute atomic E-state index is 5.68. The number of para-hydroxylation sites is 3. The van der Waals surface area contributed by atoms with Crippen LogP contribution in [0, 0.1) is 0 Å². The summed E-state index contributed by atoms with van der Waals surface area (Å²) in [6, 6.07) is 16.2. The molecule has 2 aromatic carbocycles. The standard InChI is InChI=1S/C22H29N5O.HI/c1-3-23-22(25-16-17-10-5-8-13-20(17)28-4-2)24-15-9-14-21-26-18-11-6-7-12-19(18)27-21;/h5-8,10-13H,3-4,9,14-16H2,1-2H3,(H,26,27)(H2,23,24,25);1H. The van der Waals surface area contributed by atoms with E-state index in [4.69, 9.17) is 9.73 Å². The molecule has 0 spiro atoms. The van der Waals surface area contributed by atoms with E-state index >= 15 is 0 Å². The van der Waals surface area contributed by atoms with E-state index in [1.165, 1.54) is 0 Å². The number of fused-ring (bicyclic) bond motifs is 1. The van der Waals surface area contributed by atoms with E-state index in [-0.39, 0.29) is 24.0 Å². The van der Waals surface area contributed by atoms with Crippen molar-refractivity contribution in [1.82, 2.24) is 20.6 Å². The molecular weight excluding hydrogens is 477 g/mol. The second-order valence-corrected chi connectivity index (χ2v) is 6.47. The van der Waals surface area contributed by atoms with Gasteiger partial charge in [0.1, 0.15) is 11.6 Å². The fourth-order valence-corrected chi connectivity index (χ4v) is 3.02.